The highest BCUT2D eigenvalue weighted by atomic mass is 35.5. The fourth-order valence-corrected chi connectivity index (χ4v) is 3.88. The van der Waals surface area contributed by atoms with E-state index in [0.717, 1.165) is 18.4 Å². The first-order valence-corrected chi connectivity index (χ1v) is 9.15. The van der Waals surface area contributed by atoms with Crippen molar-refractivity contribution < 1.29 is 9.84 Å². The molecule has 0 aliphatic heterocycles. The van der Waals surface area contributed by atoms with Crippen LogP contribution < -0.4 is 4.74 Å². The molecule has 0 aromatic heterocycles. The Kier molecular flexibility index (Phi) is 5.57. The van der Waals surface area contributed by atoms with Gasteiger partial charge in [-0.25, -0.2) is 0 Å². The van der Waals surface area contributed by atoms with Gasteiger partial charge in [0.25, 0.3) is 0 Å². The fourth-order valence-electron chi connectivity index (χ4n) is 3.39. The van der Waals surface area contributed by atoms with Gasteiger partial charge in [-0.2, -0.15) is 10.5 Å². The molecule has 2 aromatic rings. The highest BCUT2D eigenvalue weighted by molar-refractivity contribution is 6.37. The number of ether oxygens (including phenoxy) is 1. The minimum atomic E-state index is -0.439. The van der Waals surface area contributed by atoms with Gasteiger partial charge < -0.3 is 9.84 Å². The van der Waals surface area contributed by atoms with E-state index < -0.39 is 5.75 Å². The molecule has 0 unspecified atom stereocenters. The minimum Gasteiger partial charge on any atom is -0.503 e. The summed E-state index contributed by atoms with van der Waals surface area (Å²) in [5, 5.41) is 28.5. The third-order valence-electron chi connectivity index (χ3n) is 4.71. The Hall–Kier alpha value is -2.40. The molecule has 3 rings (SSSR count). The van der Waals surface area contributed by atoms with Crippen molar-refractivity contribution in [2.45, 2.75) is 38.0 Å². The van der Waals surface area contributed by atoms with Gasteiger partial charge in [0.05, 0.1) is 11.1 Å². The molecular formula is C20H16Cl2N2O2. The van der Waals surface area contributed by atoms with Crippen molar-refractivity contribution in [3.63, 3.8) is 0 Å². The van der Waals surface area contributed by atoms with Gasteiger partial charge in [-0.3, -0.25) is 0 Å². The molecule has 4 nitrogen and oxygen atoms in total. The zero-order valence-electron chi connectivity index (χ0n) is 13.9. The van der Waals surface area contributed by atoms with E-state index in [2.05, 4.69) is 0 Å². The number of phenolic OH excluding ortho intramolecular Hbond substituents is 1. The number of rotatable bonds is 3. The van der Waals surface area contributed by atoms with Crippen molar-refractivity contribution in [1.82, 2.24) is 0 Å². The van der Waals surface area contributed by atoms with Crippen LogP contribution in [0, 0.1) is 22.7 Å². The second kappa shape index (κ2) is 7.87. The molecule has 1 N–H and O–H groups in total. The first kappa shape index (κ1) is 18.4. The fraction of sp³-hybridized carbons (Fsp3) is 0.300. The third-order valence-corrected chi connectivity index (χ3v) is 5.44. The molecule has 132 valence electrons. The van der Waals surface area contributed by atoms with E-state index in [0.29, 0.717) is 11.7 Å². The first-order chi connectivity index (χ1) is 12.6. The highest BCUT2D eigenvalue weighted by Gasteiger charge is 2.25. The maximum Gasteiger partial charge on any atom is 0.190 e. The zero-order chi connectivity index (χ0) is 18.7. The summed E-state index contributed by atoms with van der Waals surface area (Å²) in [5.41, 5.74) is 0.772. The van der Waals surface area contributed by atoms with Gasteiger partial charge in [-0.05, 0) is 30.4 Å². The number of para-hydroxylation sites is 1. The van der Waals surface area contributed by atoms with Gasteiger partial charge in [0.1, 0.15) is 27.9 Å². The zero-order valence-corrected chi connectivity index (χ0v) is 15.4. The summed E-state index contributed by atoms with van der Waals surface area (Å²) >= 11 is 12.3. The Morgan fingerprint density at radius 3 is 2.23 bits per heavy atom. The number of hydrogen-bond acceptors (Lipinski definition) is 4. The van der Waals surface area contributed by atoms with E-state index in [1.165, 1.54) is 19.3 Å². The van der Waals surface area contributed by atoms with Gasteiger partial charge in [-0.15, -0.1) is 0 Å². The van der Waals surface area contributed by atoms with E-state index in [-0.39, 0.29) is 26.9 Å². The molecule has 1 saturated carbocycles. The van der Waals surface area contributed by atoms with Crippen LogP contribution in [0.3, 0.4) is 0 Å². The summed E-state index contributed by atoms with van der Waals surface area (Å²) in [5.74, 6) is 0.410. The summed E-state index contributed by atoms with van der Waals surface area (Å²) in [7, 11) is 0. The molecule has 6 heteroatoms. The van der Waals surface area contributed by atoms with E-state index in [9.17, 15) is 15.6 Å². The number of benzene rings is 2. The van der Waals surface area contributed by atoms with Gasteiger partial charge in [0.15, 0.2) is 11.5 Å². The third kappa shape index (κ3) is 3.31. The van der Waals surface area contributed by atoms with Gasteiger partial charge in [0, 0.05) is 0 Å². The van der Waals surface area contributed by atoms with E-state index in [1.54, 1.807) is 12.1 Å². The van der Waals surface area contributed by atoms with Gasteiger partial charge in [0.2, 0.25) is 0 Å². The smallest absolute Gasteiger partial charge is 0.190 e. The molecule has 1 aliphatic carbocycles. The predicted octanol–water partition coefficient (Wildman–Crippen LogP) is 6.28. The molecule has 0 atom stereocenters. The van der Waals surface area contributed by atoms with Crippen LogP contribution in [0.5, 0.6) is 17.2 Å². The lowest BCUT2D eigenvalue weighted by Gasteiger charge is -2.24. The van der Waals surface area contributed by atoms with Crippen molar-refractivity contribution in [3.8, 4) is 29.4 Å². The number of hydrogen-bond donors (Lipinski definition) is 1. The van der Waals surface area contributed by atoms with Crippen molar-refractivity contribution in [1.29, 1.82) is 10.5 Å². The molecule has 0 radical (unpaired) electrons. The second-order valence-corrected chi connectivity index (χ2v) is 7.01. The number of halogens is 2. The summed E-state index contributed by atoms with van der Waals surface area (Å²) < 4.78 is 5.92. The van der Waals surface area contributed by atoms with E-state index in [4.69, 9.17) is 27.9 Å². The topological polar surface area (TPSA) is 77.0 Å². The largest absolute Gasteiger partial charge is 0.503 e. The van der Waals surface area contributed by atoms with E-state index in [1.807, 2.05) is 24.3 Å². The number of nitrogens with zero attached hydrogens (tertiary/aromatic N) is 2. The lowest BCUT2D eigenvalue weighted by molar-refractivity contribution is 0.394. The van der Waals surface area contributed by atoms with Crippen LogP contribution in [0.2, 0.25) is 10.0 Å². The van der Waals surface area contributed by atoms with Crippen LogP contribution in [-0.2, 0) is 0 Å². The van der Waals surface area contributed by atoms with Gasteiger partial charge in [-0.1, -0.05) is 60.7 Å². The van der Waals surface area contributed by atoms with Crippen molar-refractivity contribution in [2.24, 2.45) is 0 Å². The van der Waals surface area contributed by atoms with Crippen molar-refractivity contribution in [2.75, 3.05) is 0 Å². The summed E-state index contributed by atoms with van der Waals surface area (Å²) in [4.78, 5) is 0. The molecule has 0 amide bonds. The van der Waals surface area contributed by atoms with Crippen LogP contribution in [0.15, 0.2) is 24.3 Å². The van der Waals surface area contributed by atoms with Gasteiger partial charge >= 0.3 is 0 Å². The quantitative estimate of drug-likeness (QED) is 0.672. The van der Waals surface area contributed by atoms with Crippen molar-refractivity contribution in [3.05, 3.63) is 51.0 Å². The van der Waals surface area contributed by atoms with Crippen LogP contribution in [0.25, 0.3) is 0 Å². The number of phenols is 1. The molecule has 0 saturated heterocycles. The minimum absolute atomic E-state index is 0.101. The van der Waals surface area contributed by atoms with Crippen molar-refractivity contribution >= 4 is 23.2 Å². The molecule has 1 fully saturated rings. The summed E-state index contributed by atoms with van der Waals surface area (Å²) in [6, 6.07) is 11.2. The Labute approximate surface area is 162 Å². The maximum absolute atomic E-state index is 10.4. The normalized spacial score (nSPS) is 14.5. The maximum atomic E-state index is 10.4. The monoisotopic (exact) mass is 386 g/mol. The molecule has 0 bridgehead atoms. The standard InChI is InChI=1S/C20H16Cl2N2O2/c21-17-14(10-23)15(11-24)18(22)20(19(17)25)26-16-9-5-4-8-13(16)12-6-2-1-3-7-12/h4-5,8-9,12,25H,1-3,6-7H2. The second-order valence-electron chi connectivity index (χ2n) is 6.25. The number of aromatic hydroxyl groups is 1. The van der Waals surface area contributed by atoms with Crippen LogP contribution >= 0.6 is 23.2 Å². The van der Waals surface area contributed by atoms with Crippen LogP contribution in [0.4, 0.5) is 0 Å². The molecular weight excluding hydrogens is 371 g/mol. The average Bonchev–Trinajstić information content (AvgIpc) is 2.68. The van der Waals surface area contributed by atoms with E-state index >= 15 is 0 Å². The Balaban J connectivity index is 2.07. The molecule has 0 heterocycles. The SMILES string of the molecule is N#Cc1c(Cl)c(O)c(Oc2ccccc2C2CCCCC2)c(Cl)c1C#N. The predicted molar refractivity (Wildman–Crippen MR) is 99.9 cm³/mol. The summed E-state index contributed by atoms with van der Waals surface area (Å²) in [6.07, 6.45) is 5.75. The lowest BCUT2D eigenvalue weighted by atomic mass is 9.84. The lowest BCUT2D eigenvalue weighted by Crippen LogP contribution is -2.06. The first-order valence-electron chi connectivity index (χ1n) is 8.39. The Morgan fingerprint density at radius 2 is 1.58 bits per heavy atom. The Bertz CT molecular complexity index is 923. The summed E-state index contributed by atoms with van der Waals surface area (Å²) in [6.45, 7) is 0. The Morgan fingerprint density at radius 1 is 0.962 bits per heavy atom. The highest BCUT2D eigenvalue weighted by Crippen LogP contribution is 2.48. The number of nitriles is 2. The average molecular weight is 387 g/mol. The van der Waals surface area contributed by atoms with Crippen LogP contribution in [-0.4, -0.2) is 5.11 Å². The molecule has 26 heavy (non-hydrogen) atoms. The molecule has 1 aliphatic rings. The van der Waals surface area contributed by atoms with Crippen LogP contribution in [0.1, 0.15) is 54.7 Å². The molecule has 0 spiro atoms. The molecule has 2 aromatic carbocycles.